The van der Waals surface area contributed by atoms with Crippen LogP contribution in [0.4, 0.5) is 0 Å². The molecule has 3 fully saturated rings. The van der Waals surface area contributed by atoms with Crippen LogP contribution in [0.3, 0.4) is 0 Å². The highest BCUT2D eigenvalue weighted by molar-refractivity contribution is 5.86. The quantitative estimate of drug-likeness (QED) is 0.594. The minimum Gasteiger partial charge on any atom is -0.299 e. The van der Waals surface area contributed by atoms with Crippen molar-refractivity contribution in [3.8, 4) is 0 Å². The zero-order valence-electron chi connectivity index (χ0n) is 8.55. The number of hydrogen-bond acceptors (Lipinski definition) is 1. The van der Waals surface area contributed by atoms with E-state index >= 15 is 0 Å². The molecular weight excluding hydrogens is 160 g/mol. The molecule has 2 bridgehead atoms. The highest BCUT2D eigenvalue weighted by Crippen LogP contribution is 2.59. The van der Waals surface area contributed by atoms with Crippen molar-refractivity contribution >= 4 is 5.78 Å². The molecule has 3 aliphatic rings. The summed E-state index contributed by atoms with van der Waals surface area (Å²) in [6.45, 7) is 8.20. The van der Waals surface area contributed by atoms with Gasteiger partial charge in [0.05, 0.1) is 0 Å². The Bertz CT molecular complexity index is 252. The second kappa shape index (κ2) is 2.70. The largest absolute Gasteiger partial charge is 0.299 e. The molecule has 3 atom stereocenters. The molecule has 1 heteroatoms. The Morgan fingerprint density at radius 1 is 1.54 bits per heavy atom. The van der Waals surface area contributed by atoms with E-state index in [-0.39, 0.29) is 0 Å². The van der Waals surface area contributed by atoms with Gasteiger partial charge in [-0.2, -0.15) is 0 Å². The number of Topliss-reactive ketones (excluding diaryl/α,β-unsaturated/α-hetero) is 1. The molecule has 0 radical (unpaired) electrons. The number of fused-ring (bicyclic) bond motifs is 2. The molecule has 0 spiro atoms. The average molecular weight is 178 g/mol. The topological polar surface area (TPSA) is 17.1 Å². The van der Waals surface area contributed by atoms with Crippen LogP contribution in [-0.4, -0.2) is 5.78 Å². The van der Waals surface area contributed by atoms with Gasteiger partial charge in [-0.1, -0.05) is 19.9 Å². The van der Waals surface area contributed by atoms with Crippen LogP contribution in [-0.2, 0) is 4.79 Å². The lowest BCUT2D eigenvalue weighted by molar-refractivity contribution is -0.156. The molecule has 72 valence electrons. The van der Waals surface area contributed by atoms with Gasteiger partial charge in [0, 0.05) is 11.8 Å². The van der Waals surface area contributed by atoms with Gasteiger partial charge in [-0.3, -0.25) is 4.79 Å². The number of carbonyl (C=O) groups is 1. The van der Waals surface area contributed by atoms with Crippen LogP contribution in [0.25, 0.3) is 0 Å². The molecule has 0 aliphatic heterocycles. The standard InChI is InChI=1S/C12H18O/c1-4-5-8-6-9-7-10(11(8)13)12(9,2)3/h4,8-10H,1,5-7H2,2-3H3/t8-,9-,10+/m1/s1. The number of hydrogen-bond donors (Lipinski definition) is 0. The van der Waals surface area contributed by atoms with Gasteiger partial charge >= 0.3 is 0 Å². The van der Waals surface area contributed by atoms with Crippen LogP contribution in [0.1, 0.15) is 33.1 Å². The van der Waals surface area contributed by atoms with E-state index in [0.717, 1.165) is 25.2 Å². The van der Waals surface area contributed by atoms with E-state index < -0.39 is 0 Å². The van der Waals surface area contributed by atoms with Crippen molar-refractivity contribution in [1.82, 2.24) is 0 Å². The Kier molecular flexibility index (Phi) is 1.86. The van der Waals surface area contributed by atoms with Gasteiger partial charge in [0.2, 0.25) is 0 Å². The fraction of sp³-hybridized carbons (Fsp3) is 0.750. The summed E-state index contributed by atoms with van der Waals surface area (Å²) in [5.41, 5.74) is 0.300. The third-order valence-electron chi connectivity index (χ3n) is 4.24. The molecular formula is C12H18O. The molecule has 3 saturated carbocycles. The van der Waals surface area contributed by atoms with Crippen molar-refractivity contribution in [3.05, 3.63) is 12.7 Å². The van der Waals surface area contributed by atoms with E-state index in [9.17, 15) is 4.79 Å². The summed E-state index contributed by atoms with van der Waals surface area (Å²) in [6, 6.07) is 0. The minimum atomic E-state index is 0.300. The predicted molar refractivity (Wildman–Crippen MR) is 53.3 cm³/mol. The molecule has 0 saturated heterocycles. The Morgan fingerprint density at radius 3 is 2.69 bits per heavy atom. The van der Waals surface area contributed by atoms with Gasteiger partial charge in [-0.05, 0) is 30.6 Å². The Balaban J connectivity index is 2.12. The zero-order valence-corrected chi connectivity index (χ0v) is 8.55. The summed E-state index contributed by atoms with van der Waals surface area (Å²) in [5.74, 6) is 1.96. The van der Waals surface area contributed by atoms with Crippen LogP contribution in [0, 0.1) is 23.2 Å². The van der Waals surface area contributed by atoms with E-state index in [4.69, 9.17) is 0 Å². The maximum absolute atomic E-state index is 11.9. The van der Waals surface area contributed by atoms with Gasteiger partial charge in [0.1, 0.15) is 5.78 Å². The number of ketones is 1. The van der Waals surface area contributed by atoms with Gasteiger partial charge in [0.15, 0.2) is 0 Å². The molecule has 0 amide bonds. The van der Waals surface area contributed by atoms with Gasteiger partial charge in [-0.25, -0.2) is 0 Å². The summed E-state index contributed by atoms with van der Waals surface area (Å²) < 4.78 is 0. The smallest absolute Gasteiger partial charge is 0.139 e. The third-order valence-corrected chi connectivity index (χ3v) is 4.24. The number of rotatable bonds is 2. The second-order valence-corrected chi connectivity index (χ2v) is 5.17. The molecule has 13 heavy (non-hydrogen) atoms. The van der Waals surface area contributed by atoms with Crippen LogP contribution in [0.5, 0.6) is 0 Å². The first-order chi connectivity index (χ1) is 6.07. The predicted octanol–water partition coefficient (Wildman–Crippen LogP) is 2.81. The van der Waals surface area contributed by atoms with Gasteiger partial charge in [-0.15, -0.1) is 6.58 Å². The van der Waals surface area contributed by atoms with Crippen molar-refractivity contribution in [3.63, 3.8) is 0 Å². The average Bonchev–Trinajstić information content (AvgIpc) is 2.08. The molecule has 0 N–H and O–H groups in total. The first kappa shape index (κ1) is 8.98. The van der Waals surface area contributed by atoms with Crippen LogP contribution >= 0.6 is 0 Å². The highest BCUT2D eigenvalue weighted by Gasteiger charge is 2.57. The monoisotopic (exact) mass is 178 g/mol. The molecule has 3 rings (SSSR count). The first-order valence-electron chi connectivity index (χ1n) is 5.22. The lowest BCUT2D eigenvalue weighted by Gasteiger charge is -2.57. The molecule has 0 aromatic rings. The first-order valence-corrected chi connectivity index (χ1v) is 5.22. The molecule has 0 aromatic carbocycles. The lowest BCUT2D eigenvalue weighted by atomic mass is 9.46. The fourth-order valence-corrected chi connectivity index (χ4v) is 3.06. The fourth-order valence-electron chi connectivity index (χ4n) is 3.06. The van der Waals surface area contributed by atoms with Crippen molar-refractivity contribution in [1.29, 1.82) is 0 Å². The lowest BCUT2D eigenvalue weighted by Crippen LogP contribution is -2.56. The Labute approximate surface area is 80.2 Å². The van der Waals surface area contributed by atoms with Crippen molar-refractivity contribution < 1.29 is 4.79 Å². The molecule has 1 nitrogen and oxygen atoms in total. The van der Waals surface area contributed by atoms with Crippen molar-refractivity contribution in [2.45, 2.75) is 33.1 Å². The van der Waals surface area contributed by atoms with E-state index in [2.05, 4.69) is 20.4 Å². The molecule has 0 heterocycles. The highest BCUT2D eigenvalue weighted by atomic mass is 16.1. The summed E-state index contributed by atoms with van der Waals surface area (Å²) in [7, 11) is 0. The van der Waals surface area contributed by atoms with Crippen molar-refractivity contribution in [2.75, 3.05) is 0 Å². The van der Waals surface area contributed by atoms with Crippen LogP contribution < -0.4 is 0 Å². The van der Waals surface area contributed by atoms with Gasteiger partial charge in [0.25, 0.3) is 0 Å². The van der Waals surface area contributed by atoms with E-state index in [0.29, 0.717) is 23.0 Å². The number of allylic oxidation sites excluding steroid dienone is 1. The molecule has 0 unspecified atom stereocenters. The summed E-state index contributed by atoms with van der Waals surface area (Å²) in [5, 5.41) is 0. The van der Waals surface area contributed by atoms with E-state index in [1.54, 1.807) is 0 Å². The normalized spacial score (nSPS) is 41.1. The third kappa shape index (κ3) is 1.09. The minimum absolute atomic E-state index is 0.300. The summed E-state index contributed by atoms with van der Waals surface area (Å²) in [4.78, 5) is 11.9. The Morgan fingerprint density at radius 2 is 2.23 bits per heavy atom. The second-order valence-electron chi connectivity index (χ2n) is 5.17. The van der Waals surface area contributed by atoms with E-state index in [1.807, 2.05) is 6.08 Å². The van der Waals surface area contributed by atoms with Gasteiger partial charge < -0.3 is 0 Å². The maximum Gasteiger partial charge on any atom is 0.139 e. The van der Waals surface area contributed by atoms with E-state index in [1.165, 1.54) is 0 Å². The summed E-state index contributed by atoms with van der Waals surface area (Å²) in [6.07, 6.45) is 5.04. The number of carbonyl (C=O) groups excluding carboxylic acids is 1. The zero-order chi connectivity index (χ0) is 9.64. The Hall–Kier alpha value is -0.590. The SMILES string of the molecule is C=CC[C@@H]1C[C@@H]2C[C@@H](C1=O)C2(C)C. The molecule has 3 aliphatic carbocycles. The molecule has 0 aromatic heterocycles. The van der Waals surface area contributed by atoms with Crippen LogP contribution in [0.2, 0.25) is 0 Å². The van der Waals surface area contributed by atoms with Crippen molar-refractivity contribution in [2.24, 2.45) is 23.2 Å². The van der Waals surface area contributed by atoms with Crippen LogP contribution in [0.15, 0.2) is 12.7 Å². The maximum atomic E-state index is 11.9. The summed E-state index contributed by atoms with van der Waals surface area (Å²) >= 11 is 0.